The lowest BCUT2D eigenvalue weighted by Crippen LogP contribution is -2.14. The fourth-order valence-corrected chi connectivity index (χ4v) is 1.33. The highest BCUT2D eigenvalue weighted by Gasteiger charge is 2.17. The Morgan fingerprint density at radius 3 is 2.00 bits per heavy atom. The Balaban J connectivity index is 3.19. The van der Waals surface area contributed by atoms with E-state index in [0.717, 1.165) is 16.8 Å². The molecule has 0 spiro atoms. The van der Waals surface area contributed by atoms with Gasteiger partial charge >= 0.3 is 0 Å². The summed E-state index contributed by atoms with van der Waals surface area (Å²) >= 11 is 6.19. The van der Waals surface area contributed by atoms with Crippen molar-refractivity contribution in [2.45, 2.75) is 34.6 Å². The lowest BCUT2D eigenvalue weighted by Gasteiger charge is -2.16. The van der Waals surface area contributed by atoms with Crippen molar-refractivity contribution >= 4 is 22.5 Å². The largest absolute Gasteiger partial charge is 0.240 e. The molecule has 2 heteroatoms. The topological polar surface area (TPSA) is 12.4 Å². The molecular weight excluding hydrogens is 206 g/mol. The van der Waals surface area contributed by atoms with Gasteiger partial charge in [0.05, 0.1) is 5.69 Å². The second-order valence-electron chi connectivity index (χ2n) is 4.89. The molecule has 0 aliphatic rings. The van der Waals surface area contributed by atoms with Crippen LogP contribution in [0.4, 0.5) is 5.69 Å². The Morgan fingerprint density at radius 2 is 1.60 bits per heavy atom. The fourth-order valence-electron chi connectivity index (χ4n) is 1.25. The van der Waals surface area contributed by atoms with E-state index in [1.807, 2.05) is 6.07 Å². The zero-order valence-corrected chi connectivity index (χ0v) is 10.8. The molecule has 15 heavy (non-hydrogen) atoms. The van der Waals surface area contributed by atoms with Gasteiger partial charge in [0.25, 0.3) is 0 Å². The number of benzene rings is 1. The molecule has 1 nitrogen and oxygen atoms in total. The molecule has 0 saturated heterocycles. The van der Waals surface area contributed by atoms with Crippen LogP contribution in [0.1, 0.15) is 31.9 Å². The highest BCUT2D eigenvalue weighted by molar-refractivity contribution is 6.66. The molecule has 0 radical (unpaired) electrons. The van der Waals surface area contributed by atoms with Crippen LogP contribution in [0, 0.1) is 19.3 Å². The van der Waals surface area contributed by atoms with Crippen LogP contribution in [0.3, 0.4) is 0 Å². The van der Waals surface area contributed by atoms with Crippen molar-refractivity contribution < 1.29 is 0 Å². The molecule has 0 aromatic heterocycles. The first-order chi connectivity index (χ1) is 6.82. The third kappa shape index (κ3) is 3.07. The minimum Gasteiger partial charge on any atom is -0.240 e. The summed E-state index contributed by atoms with van der Waals surface area (Å²) in [6.07, 6.45) is 0. The third-order valence-electron chi connectivity index (χ3n) is 2.27. The summed E-state index contributed by atoms with van der Waals surface area (Å²) in [4.78, 5) is 4.51. The molecule has 0 aliphatic heterocycles. The summed E-state index contributed by atoms with van der Waals surface area (Å²) in [6.45, 7) is 10.3. The average Bonchev–Trinajstić information content (AvgIpc) is 2.09. The van der Waals surface area contributed by atoms with Crippen molar-refractivity contribution in [1.82, 2.24) is 0 Å². The second-order valence-corrected chi connectivity index (χ2v) is 5.25. The van der Waals surface area contributed by atoms with Crippen LogP contribution in [0.25, 0.3) is 0 Å². The Kier molecular flexibility index (Phi) is 3.56. The van der Waals surface area contributed by atoms with Gasteiger partial charge in [0, 0.05) is 5.41 Å². The maximum absolute atomic E-state index is 6.19. The van der Waals surface area contributed by atoms with E-state index in [0.29, 0.717) is 5.17 Å². The molecule has 0 atom stereocenters. The Hall–Kier alpha value is -0.820. The lowest BCUT2D eigenvalue weighted by atomic mass is 9.98. The average molecular weight is 224 g/mol. The molecule has 0 heterocycles. The Labute approximate surface area is 97.2 Å². The second kappa shape index (κ2) is 4.36. The van der Waals surface area contributed by atoms with E-state index in [2.05, 4.69) is 51.7 Å². The number of hydrogen-bond donors (Lipinski definition) is 0. The Morgan fingerprint density at radius 1 is 1.13 bits per heavy atom. The normalized spacial score (nSPS) is 13.1. The van der Waals surface area contributed by atoms with Gasteiger partial charge in [-0.1, -0.05) is 50.6 Å². The van der Waals surface area contributed by atoms with Crippen LogP contribution >= 0.6 is 11.6 Å². The van der Waals surface area contributed by atoms with Crippen molar-refractivity contribution in [3.05, 3.63) is 29.3 Å². The predicted octanol–water partition coefficient (Wildman–Crippen LogP) is 4.62. The number of rotatable bonds is 1. The molecular formula is C13H18ClN. The molecule has 1 aromatic rings. The molecule has 1 rings (SSSR count). The summed E-state index contributed by atoms with van der Waals surface area (Å²) < 4.78 is 0. The van der Waals surface area contributed by atoms with Gasteiger partial charge in [-0.05, 0) is 25.0 Å². The van der Waals surface area contributed by atoms with Crippen LogP contribution in [-0.2, 0) is 0 Å². The Bertz CT molecular complexity index is 366. The zero-order valence-electron chi connectivity index (χ0n) is 10.1. The van der Waals surface area contributed by atoms with E-state index in [1.54, 1.807) is 0 Å². The summed E-state index contributed by atoms with van der Waals surface area (Å²) in [5.74, 6) is 0. The van der Waals surface area contributed by atoms with Crippen LogP contribution in [0.15, 0.2) is 23.2 Å². The molecule has 0 amide bonds. The van der Waals surface area contributed by atoms with Crippen molar-refractivity contribution in [2.24, 2.45) is 10.4 Å². The van der Waals surface area contributed by atoms with Crippen molar-refractivity contribution in [2.75, 3.05) is 0 Å². The molecule has 0 aliphatic carbocycles. The van der Waals surface area contributed by atoms with E-state index >= 15 is 0 Å². The number of aliphatic imine (C=N–C) groups is 1. The smallest absolute Gasteiger partial charge is 0.112 e. The molecule has 0 bridgehead atoms. The first-order valence-corrected chi connectivity index (χ1v) is 5.51. The predicted molar refractivity (Wildman–Crippen MR) is 68.3 cm³/mol. The first kappa shape index (κ1) is 12.3. The maximum Gasteiger partial charge on any atom is 0.112 e. The van der Waals surface area contributed by atoms with Crippen molar-refractivity contribution in [3.8, 4) is 0 Å². The molecule has 0 fully saturated rings. The molecule has 0 unspecified atom stereocenters. The maximum atomic E-state index is 6.19. The molecule has 0 N–H and O–H groups in total. The number of halogens is 1. The highest BCUT2D eigenvalue weighted by atomic mass is 35.5. The minimum atomic E-state index is -0.0870. The third-order valence-corrected chi connectivity index (χ3v) is 2.92. The van der Waals surface area contributed by atoms with E-state index in [-0.39, 0.29) is 5.41 Å². The van der Waals surface area contributed by atoms with Gasteiger partial charge in [-0.3, -0.25) is 0 Å². The quantitative estimate of drug-likeness (QED) is 0.617. The molecule has 0 saturated carbocycles. The first-order valence-electron chi connectivity index (χ1n) is 5.13. The van der Waals surface area contributed by atoms with Crippen LogP contribution in [-0.4, -0.2) is 5.17 Å². The fraction of sp³-hybridized carbons (Fsp3) is 0.462. The van der Waals surface area contributed by atoms with E-state index in [9.17, 15) is 0 Å². The van der Waals surface area contributed by atoms with Crippen LogP contribution < -0.4 is 0 Å². The number of hydrogen-bond acceptors (Lipinski definition) is 1. The highest BCUT2D eigenvalue weighted by Crippen LogP contribution is 2.28. The van der Waals surface area contributed by atoms with Crippen molar-refractivity contribution in [3.63, 3.8) is 0 Å². The van der Waals surface area contributed by atoms with Crippen molar-refractivity contribution in [1.29, 1.82) is 0 Å². The minimum absolute atomic E-state index is 0.0870. The monoisotopic (exact) mass is 223 g/mol. The van der Waals surface area contributed by atoms with Gasteiger partial charge in [0.2, 0.25) is 0 Å². The van der Waals surface area contributed by atoms with Crippen LogP contribution in [0.2, 0.25) is 0 Å². The summed E-state index contributed by atoms with van der Waals surface area (Å²) in [7, 11) is 0. The standard InChI is InChI=1S/C13H18ClN/c1-9-7-6-8-10(2)11(9)15-12(14)13(3,4)5/h6-8H,1-5H3. The van der Waals surface area contributed by atoms with Gasteiger partial charge < -0.3 is 0 Å². The van der Waals surface area contributed by atoms with Gasteiger partial charge in [-0.15, -0.1) is 0 Å². The number of nitrogens with zero attached hydrogens (tertiary/aromatic N) is 1. The molecule has 1 aromatic carbocycles. The van der Waals surface area contributed by atoms with Crippen LogP contribution in [0.5, 0.6) is 0 Å². The summed E-state index contributed by atoms with van der Waals surface area (Å²) in [5, 5.41) is 0.653. The summed E-state index contributed by atoms with van der Waals surface area (Å²) in [6, 6.07) is 6.14. The zero-order chi connectivity index (χ0) is 11.6. The van der Waals surface area contributed by atoms with E-state index in [1.165, 1.54) is 0 Å². The lowest BCUT2D eigenvalue weighted by molar-refractivity contribution is 0.601. The van der Waals surface area contributed by atoms with E-state index < -0.39 is 0 Å². The number of para-hydroxylation sites is 1. The number of aryl methyl sites for hydroxylation is 2. The van der Waals surface area contributed by atoms with Gasteiger partial charge in [0.1, 0.15) is 5.17 Å². The summed E-state index contributed by atoms with van der Waals surface area (Å²) in [5.41, 5.74) is 3.24. The van der Waals surface area contributed by atoms with E-state index in [4.69, 9.17) is 11.6 Å². The molecule has 82 valence electrons. The van der Waals surface area contributed by atoms with Gasteiger partial charge in [-0.2, -0.15) is 0 Å². The van der Waals surface area contributed by atoms with Gasteiger partial charge in [0.15, 0.2) is 0 Å². The SMILES string of the molecule is Cc1cccc(C)c1N=C(Cl)C(C)(C)C. The van der Waals surface area contributed by atoms with Gasteiger partial charge in [-0.25, -0.2) is 4.99 Å².